The molecular formula is C27H27N3. The molecule has 3 aromatic carbocycles. The fourth-order valence-electron chi connectivity index (χ4n) is 5.10. The first-order valence-corrected chi connectivity index (χ1v) is 10.9. The number of fused-ring (bicyclic) bond motifs is 2. The van der Waals surface area contributed by atoms with Crippen molar-refractivity contribution in [1.29, 1.82) is 5.26 Å². The predicted octanol–water partition coefficient (Wildman–Crippen LogP) is 6.10. The van der Waals surface area contributed by atoms with Crippen molar-refractivity contribution in [2.75, 3.05) is 6.54 Å². The molecule has 2 heterocycles. The fourth-order valence-corrected chi connectivity index (χ4v) is 5.10. The second-order valence-electron chi connectivity index (χ2n) is 8.54. The third-order valence-electron chi connectivity index (χ3n) is 6.77. The zero-order chi connectivity index (χ0) is 20.5. The first-order valence-electron chi connectivity index (χ1n) is 10.9. The molecule has 0 radical (unpaired) electrons. The van der Waals surface area contributed by atoms with Crippen LogP contribution in [0.5, 0.6) is 0 Å². The highest BCUT2D eigenvalue weighted by molar-refractivity contribution is 5.86. The van der Waals surface area contributed by atoms with Gasteiger partial charge in [0.25, 0.3) is 0 Å². The van der Waals surface area contributed by atoms with Crippen LogP contribution in [0.2, 0.25) is 0 Å². The lowest BCUT2D eigenvalue weighted by Crippen LogP contribution is -2.29. The van der Waals surface area contributed by atoms with Gasteiger partial charge in [0.2, 0.25) is 0 Å². The quantitative estimate of drug-likeness (QED) is 0.445. The number of aromatic amines is 1. The van der Waals surface area contributed by atoms with Crippen molar-refractivity contribution in [2.24, 2.45) is 0 Å². The lowest BCUT2D eigenvalue weighted by atomic mass is 10.0. The molecule has 150 valence electrons. The van der Waals surface area contributed by atoms with Crippen molar-refractivity contribution >= 4 is 21.7 Å². The Balaban J connectivity index is 1.32. The summed E-state index contributed by atoms with van der Waals surface area (Å²) in [6, 6.07) is 24.2. The summed E-state index contributed by atoms with van der Waals surface area (Å²) >= 11 is 0. The number of aryl methyl sites for hydroxylation is 2. The molecule has 0 unspecified atom stereocenters. The van der Waals surface area contributed by atoms with Crippen molar-refractivity contribution in [2.45, 2.75) is 45.2 Å². The maximum absolute atomic E-state index is 9.17. The third-order valence-corrected chi connectivity index (χ3v) is 6.77. The van der Waals surface area contributed by atoms with Crippen molar-refractivity contribution in [3.8, 4) is 6.07 Å². The van der Waals surface area contributed by atoms with Crippen LogP contribution in [0.3, 0.4) is 0 Å². The van der Waals surface area contributed by atoms with Gasteiger partial charge in [0.1, 0.15) is 0 Å². The molecule has 5 rings (SSSR count). The zero-order valence-electron chi connectivity index (χ0n) is 17.5. The molecule has 0 saturated carbocycles. The molecule has 4 aromatic rings. The van der Waals surface area contributed by atoms with Crippen LogP contribution < -0.4 is 0 Å². The Bertz CT molecular complexity index is 1240. The molecule has 1 aliphatic heterocycles. The van der Waals surface area contributed by atoms with Crippen LogP contribution in [-0.4, -0.2) is 22.5 Å². The van der Waals surface area contributed by atoms with Crippen LogP contribution in [0.15, 0.2) is 60.7 Å². The lowest BCUT2D eigenvalue weighted by Gasteiger charge is -2.25. The first-order chi connectivity index (χ1) is 14.7. The van der Waals surface area contributed by atoms with E-state index in [1.54, 1.807) is 0 Å². The lowest BCUT2D eigenvalue weighted by molar-refractivity contribution is 0.235. The molecule has 1 N–H and O–H groups in total. The number of nitriles is 1. The summed E-state index contributed by atoms with van der Waals surface area (Å²) in [5, 5.41) is 13.1. The maximum atomic E-state index is 9.17. The number of likely N-dealkylation sites (tertiary alicyclic amines) is 1. The van der Waals surface area contributed by atoms with Gasteiger partial charge in [-0.25, -0.2) is 0 Å². The van der Waals surface area contributed by atoms with Gasteiger partial charge < -0.3 is 4.98 Å². The Kier molecular flexibility index (Phi) is 5.02. The van der Waals surface area contributed by atoms with E-state index < -0.39 is 0 Å². The highest BCUT2D eigenvalue weighted by atomic mass is 15.2. The van der Waals surface area contributed by atoms with E-state index in [1.165, 1.54) is 58.8 Å². The van der Waals surface area contributed by atoms with Crippen LogP contribution in [-0.2, 0) is 13.0 Å². The normalized spacial score (nSPS) is 17.0. The van der Waals surface area contributed by atoms with E-state index in [0.717, 1.165) is 18.5 Å². The number of aromatic nitrogens is 1. The molecule has 3 heteroatoms. The van der Waals surface area contributed by atoms with Gasteiger partial charge in [-0.2, -0.15) is 5.26 Å². The van der Waals surface area contributed by atoms with Gasteiger partial charge in [0.15, 0.2) is 0 Å². The molecule has 30 heavy (non-hydrogen) atoms. The molecule has 1 aromatic heterocycles. The number of rotatable bonds is 5. The van der Waals surface area contributed by atoms with Crippen molar-refractivity contribution in [1.82, 2.24) is 9.88 Å². The summed E-state index contributed by atoms with van der Waals surface area (Å²) in [5.41, 5.74) is 5.88. The van der Waals surface area contributed by atoms with E-state index in [4.69, 9.17) is 5.26 Å². The molecule has 1 fully saturated rings. The Morgan fingerprint density at radius 3 is 2.83 bits per heavy atom. The molecule has 3 nitrogen and oxygen atoms in total. The molecule has 0 aliphatic carbocycles. The second-order valence-corrected chi connectivity index (χ2v) is 8.54. The van der Waals surface area contributed by atoms with Crippen molar-refractivity contribution in [3.63, 3.8) is 0 Å². The van der Waals surface area contributed by atoms with Crippen LogP contribution in [0, 0.1) is 18.3 Å². The smallest absolute Gasteiger partial charge is 0.0992 e. The Morgan fingerprint density at radius 2 is 1.93 bits per heavy atom. The average Bonchev–Trinajstić information content (AvgIpc) is 3.35. The van der Waals surface area contributed by atoms with Crippen LogP contribution in [0.4, 0.5) is 0 Å². The summed E-state index contributed by atoms with van der Waals surface area (Å²) < 4.78 is 0. The molecule has 0 spiro atoms. The molecule has 0 amide bonds. The molecule has 1 aliphatic rings. The number of hydrogen-bond donors (Lipinski definition) is 1. The van der Waals surface area contributed by atoms with E-state index in [-0.39, 0.29) is 0 Å². The van der Waals surface area contributed by atoms with E-state index in [2.05, 4.69) is 71.4 Å². The second kappa shape index (κ2) is 7.97. The molecule has 1 saturated heterocycles. The van der Waals surface area contributed by atoms with Crippen LogP contribution in [0.1, 0.15) is 41.6 Å². The molecular weight excluding hydrogens is 366 g/mol. The van der Waals surface area contributed by atoms with Crippen LogP contribution >= 0.6 is 0 Å². The first kappa shape index (κ1) is 18.9. The van der Waals surface area contributed by atoms with Gasteiger partial charge in [-0.15, -0.1) is 0 Å². The SMILES string of the molecule is Cc1c(CC[C@@H]2CCCN2Cc2cccc3ccccc23)[nH]c2cc(C#N)ccc12. The standard InChI is InChI=1S/C27H27N3/c1-19-24-13-11-20(17-28)16-27(24)29-26(19)14-12-23-9-5-15-30(23)18-22-8-4-7-21-6-2-3-10-25(21)22/h2-4,6-8,10-11,13,16,23,29H,5,9,12,14-15,18H2,1H3/t23-/m0/s1. The van der Waals surface area contributed by atoms with Gasteiger partial charge in [0.05, 0.1) is 11.6 Å². The number of benzene rings is 3. The number of nitrogens with zero attached hydrogens (tertiary/aromatic N) is 2. The van der Waals surface area contributed by atoms with Gasteiger partial charge in [-0.1, -0.05) is 48.5 Å². The molecule has 1 atom stereocenters. The Labute approximate surface area is 177 Å². The summed E-state index contributed by atoms with van der Waals surface area (Å²) in [5.74, 6) is 0. The van der Waals surface area contributed by atoms with Gasteiger partial charge in [-0.05, 0) is 73.2 Å². The van der Waals surface area contributed by atoms with Gasteiger partial charge in [0, 0.05) is 29.2 Å². The number of H-pyrrole nitrogens is 1. The Morgan fingerprint density at radius 1 is 1.07 bits per heavy atom. The minimum absolute atomic E-state index is 0.629. The van der Waals surface area contributed by atoms with E-state index >= 15 is 0 Å². The molecule has 0 bridgehead atoms. The topological polar surface area (TPSA) is 42.8 Å². The number of nitrogens with one attached hydrogen (secondary N) is 1. The summed E-state index contributed by atoms with van der Waals surface area (Å²) in [4.78, 5) is 6.26. The van der Waals surface area contributed by atoms with Gasteiger partial charge in [-0.3, -0.25) is 4.90 Å². The highest BCUT2D eigenvalue weighted by Crippen LogP contribution is 2.29. The summed E-state index contributed by atoms with van der Waals surface area (Å²) in [7, 11) is 0. The van der Waals surface area contributed by atoms with Crippen molar-refractivity contribution in [3.05, 3.63) is 83.0 Å². The van der Waals surface area contributed by atoms with E-state index in [0.29, 0.717) is 11.6 Å². The zero-order valence-corrected chi connectivity index (χ0v) is 17.5. The van der Waals surface area contributed by atoms with Gasteiger partial charge >= 0.3 is 0 Å². The largest absolute Gasteiger partial charge is 0.358 e. The predicted molar refractivity (Wildman–Crippen MR) is 123 cm³/mol. The third kappa shape index (κ3) is 3.49. The number of hydrogen-bond acceptors (Lipinski definition) is 2. The minimum Gasteiger partial charge on any atom is -0.358 e. The van der Waals surface area contributed by atoms with Crippen LogP contribution in [0.25, 0.3) is 21.7 Å². The monoisotopic (exact) mass is 393 g/mol. The average molecular weight is 394 g/mol. The van der Waals surface area contributed by atoms with E-state index in [9.17, 15) is 0 Å². The van der Waals surface area contributed by atoms with Crippen molar-refractivity contribution < 1.29 is 0 Å². The summed E-state index contributed by atoms with van der Waals surface area (Å²) in [6.07, 6.45) is 4.79. The Hall–Kier alpha value is -3.09. The highest BCUT2D eigenvalue weighted by Gasteiger charge is 2.25. The summed E-state index contributed by atoms with van der Waals surface area (Å²) in [6.45, 7) is 4.41. The maximum Gasteiger partial charge on any atom is 0.0992 e. The van der Waals surface area contributed by atoms with E-state index in [1.807, 2.05) is 12.1 Å². The fraction of sp³-hybridized carbons (Fsp3) is 0.296. The minimum atomic E-state index is 0.629.